The molecule has 1 heterocycles. The van der Waals surface area contributed by atoms with Crippen LogP contribution < -0.4 is 5.32 Å². The van der Waals surface area contributed by atoms with Gasteiger partial charge in [-0.15, -0.1) is 0 Å². The Morgan fingerprint density at radius 3 is 2.65 bits per heavy atom. The van der Waals surface area contributed by atoms with Crippen LogP contribution >= 0.6 is 0 Å². The molecule has 1 aromatic rings. The van der Waals surface area contributed by atoms with Crippen molar-refractivity contribution in [2.75, 3.05) is 13.2 Å². The van der Waals surface area contributed by atoms with Gasteiger partial charge in [0.15, 0.2) is 0 Å². The van der Waals surface area contributed by atoms with Crippen molar-refractivity contribution in [3.63, 3.8) is 0 Å². The van der Waals surface area contributed by atoms with Crippen LogP contribution in [0.1, 0.15) is 32.8 Å². The number of rotatable bonds is 8. The highest BCUT2D eigenvalue weighted by Gasteiger charge is 2.20. The second-order valence-corrected chi connectivity index (χ2v) is 4.29. The van der Waals surface area contributed by atoms with E-state index in [0.717, 1.165) is 26.0 Å². The van der Waals surface area contributed by atoms with Crippen LogP contribution in [0.4, 0.5) is 0 Å². The summed E-state index contributed by atoms with van der Waals surface area (Å²) in [5.41, 5.74) is 1.26. The molecule has 1 aromatic heterocycles. The van der Waals surface area contributed by atoms with E-state index in [2.05, 4.69) is 37.4 Å². The first-order chi connectivity index (χ1) is 8.21. The van der Waals surface area contributed by atoms with Crippen LogP contribution in [0.15, 0.2) is 12.4 Å². The molecule has 0 aromatic carbocycles. The molecule has 0 aliphatic carbocycles. The van der Waals surface area contributed by atoms with Gasteiger partial charge in [0.25, 0.3) is 0 Å². The van der Waals surface area contributed by atoms with Gasteiger partial charge in [0.2, 0.25) is 0 Å². The van der Waals surface area contributed by atoms with Gasteiger partial charge in [-0.2, -0.15) is 5.10 Å². The molecular formula is C13H25N3O. The molecule has 0 aliphatic rings. The Morgan fingerprint density at radius 1 is 1.41 bits per heavy atom. The lowest BCUT2D eigenvalue weighted by Gasteiger charge is -2.26. The first-order valence-corrected chi connectivity index (χ1v) is 6.53. The molecule has 2 unspecified atom stereocenters. The molecule has 17 heavy (non-hydrogen) atoms. The minimum absolute atomic E-state index is 0.278. The fraction of sp³-hybridized carbons (Fsp3) is 0.769. The molecule has 0 saturated heterocycles. The normalized spacial score (nSPS) is 14.8. The fourth-order valence-corrected chi connectivity index (χ4v) is 2.16. The van der Waals surface area contributed by atoms with Gasteiger partial charge in [0.1, 0.15) is 0 Å². The number of ether oxygens (including phenoxy) is 1. The van der Waals surface area contributed by atoms with Crippen molar-refractivity contribution in [1.29, 1.82) is 0 Å². The molecule has 1 N–H and O–H groups in total. The maximum Gasteiger partial charge on any atom is 0.0728 e. The van der Waals surface area contributed by atoms with E-state index in [4.69, 9.17) is 4.74 Å². The van der Waals surface area contributed by atoms with E-state index in [9.17, 15) is 0 Å². The maximum absolute atomic E-state index is 5.80. The summed E-state index contributed by atoms with van der Waals surface area (Å²) in [6.07, 6.45) is 6.29. The minimum Gasteiger partial charge on any atom is -0.377 e. The van der Waals surface area contributed by atoms with Crippen molar-refractivity contribution in [1.82, 2.24) is 15.1 Å². The Balaban J connectivity index is 2.63. The zero-order chi connectivity index (χ0) is 12.7. The van der Waals surface area contributed by atoms with Gasteiger partial charge in [-0.1, -0.05) is 13.8 Å². The second kappa shape index (κ2) is 7.45. The number of nitrogens with one attached hydrogen (secondary N) is 1. The molecule has 4 nitrogen and oxygen atoms in total. The van der Waals surface area contributed by atoms with Gasteiger partial charge < -0.3 is 10.1 Å². The monoisotopic (exact) mass is 239 g/mol. The number of nitrogens with zero attached hydrogens (tertiary/aromatic N) is 2. The lowest BCUT2D eigenvalue weighted by molar-refractivity contribution is 0.0323. The number of likely N-dealkylation sites (N-methyl/N-ethyl adjacent to an activating group) is 1. The smallest absolute Gasteiger partial charge is 0.0728 e. The van der Waals surface area contributed by atoms with Gasteiger partial charge in [0, 0.05) is 25.9 Å². The molecule has 0 spiro atoms. The molecule has 0 fully saturated rings. The standard InChI is InChI=1S/C13H25N3O/c1-5-13(17-7-3)12(14-6-2)8-11-9-15-16(4)10-11/h9-10,12-14H,5-8H2,1-4H3. The molecule has 2 atom stereocenters. The molecule has 0 bridgehead atoms. The predicted octanol–water partition coefficient (Wildman–Crippen LogP) is 1.76. The van der Waals surface area contributed by atoms with Crippen LogP contribution in [0, 0.1) is 0 Å². The Bertz CT molecular complexity index is 311. The quantitative estimate of drug-likeness (QED) is 0.751. The van der Waals surface area contributed by atoms with E-state index in [0.29, 0.717) is 6.04 Å². The van der Waals surface area contributed by atoms with E-state index in [1.54, 1.807) is 0 Å². The van der Waals surface area contributed by atoms with Crippen LogP contribution in [-0.2, 0) is 18.2 Å². The first kappa shape index (κ1) is 14.2. The molecule has 0 saturated carbocycles. The summed E-state index contributed by atoms with van der Waals surface area (Å²) in [4.78, 5) is 0. The summed E-state index contributed by atoms with van der Waals surface area (Å²) in [5, 5.41) is 7.72. The third kappa shape index (κ3) is 4.48. The van der Waals surface area contributed by atoms with Crippen molar-refractivity contribution in [3.8, 4) is 0 Å². The molecule has 0 aliphatic heterocycles. The third-order valence-corrected chi connectivity index (χ3v) is 2.91. The van der Waals surface area contributed by atoms with Crippen LogP contribution in [-0.4, -0.2) is 35.1 Å². The Morgan fingerprint density at radius 2 is 2.18 bits per heavy atom. The highest BCUT2D eigenvalue weighted by molar-refractivity contribution is 5.07. The SMILES string of the molecule is CCNC(Cc1cnn(C)c1)C(CC)OCC. The molecule has 0 amide bonds. The van der Waals surface area contributed by atoms with Gasteiger partial charge in [-0.05, 0) is 31.9 Å². The fourth-order valence-electron chi connectivity index (χ4n) is 2.16. The van der Waals surface area contributed by atoms with Crippen molar-refractivity contribution in [2.45, 2.75) is 45.8 Å². The van der Waals surface area contributed by atoms with Crippen molar-refractivity contribution in [3.05, 3.63) is 18.0 Å². The maximum atomic E-state index is 5.80. The zero-order valence-corrected chi connectivity index (χ0v) is 11.4. The summed E-state index contributed by atoms with van der Waals surface area (Å²) in [6, 6.07) is 0.370. The van der Waals surface area contributed by atoms with Crippen molar-refractivity contribution >= 4 is 0 Å². The Hall–Kier alpha value is -0.870. The average molecular weight is 239 g/mol. The number of aromatic nitrogens is 2. The highest BCUT2D eigenvalue weighted by atomic mass is 16.5. The Kier molecular flexibility index (Phi) is 6.22. The lowest BCUT2D eigenvalue weighted by Crippen LogP contribution is -2.42. The topological polar surface area (TPSA) is 39.1 Å². The van der Waals surface area contributed by atoms with Crippen molar-refractivity contribution < 1.29 is 4.74 Å². The molecular weight excluding hydrogens is 214 g/mol. The molecule has 4 heteroatoms. The van der Waals surface area contributed by atoms with E-state index in [1.807, 2.05) is 17.9 Å². The first-order valence-electron chi connectivity index (χ1n) is 6.53. The van der Waals surface area contributed by atoms with E-state index >= 15 is 0 Å². The number of aryl methyl sites for hydroxylation is 1. The van der Waals surface area contributed by atoms with Crippen LogP contribution in [0.25, 0.3) is 0 Å². The van der Waals surface area contributed by atoms with Crippen LogP contribution in [0.3, 0.4) is 0 Å². The summed E-state index contributed by atoms with van der Waals surface area (Å²) < 4.78 is 7.64. The largest absolute Gasteiger partial charge is 0.377 e. The average Bonchev–Trinajstić information content (AvgIpc) is 2.71. The molecule has 0 radical (unpaired) electrons. The molecule has 1 rings (SSSR count). The molecule has 98 valence electrons. The summed E-state index contributed by atoms with van der Waals surface area (Å²) in [6.45, 7) is 8.10. The van der Waals surface area contributed by atoms with Crippen LogP contribution in [0.2, 0.25) is 0 Å². The number of hydrogen-bond donors (Lipinski definition) is 1. The van der Waals surface area contributed by atoms with E-state index in [-0.39, 0.29) is 6.10 Å². The van der Waals surface area contributed by atoms with Crippen LogP contribution in [0.5, 0.6) is 0 Å². The van der Waals surface area contributed by atoms with Crippen molar-refractivity contribution in [2.24, 2.45) is 7.05 Å². The van der Waals surface area contributed by atoms with E-state index in [1.165, 1.54) is 5.56 Å². The third-order valence-electron chi connectivity index (χ3n) is 2.91. The Labute approximate surface area is 104 Å². The van der Waals surface area contributed by atoms with Gasteiger partial charge in [-0.25, -0.2) is 0 Å². The summed E-state index contributed by atoms with van der Waals surface area (Å²) in [7, 11) is 1.95. The summed E-state index contributed by atoms with van der Waals surface area (Å²) >= 11 is 0. The zero-order valence-electron chi connectivity index (χ0n) is 11.4. The second-order valence-electron chi connectivity index (χ2n) is 4.29. The lowest BCUT2D eigenvalue weighted by atomic mass is 10.0. The van der Waals surface area contributed by atoms with Gasteiger partial charge in [-0.3, -0.25) is 4.68 Å². The highest BCUT2D eigenvalue weighted by Crippen LogP contribution is 2.11. The van der Waals surface area contributed by atoms with Gasteiger partial charge >= 0.3 is 0 Å². The minimum atomic E-state index is 0.278. The van der Waals surface area contributed by atoms with Gasteiger partial charge in [0.05, 0.1) is 12.3 Å². The van der Waals surface area contributed by atoms with E-state index < -0.39 is 0 Å². The predicted molar refractivity (Wildman–Crippen MR) is 70.1 cm³/mol. The summed E-state index contributed by atoms with van der Waals surface area (Å²) in [5.74, 6) is 0. The number of hydrogen-bond acceptors (Lipinski definition) is 3.